The molecule has 2 N–H and O–H groups in total. The molecule has 144 valence electrons. The molecule has 5 heteroatoms. The Kier molecular flexibility index (Phi) is 7.27. The van der Waals surface area contributed by atoms with Crippen molar-refractivity contribution in [3.8, 4) is 0 Å². The molecule has 0 saturated heterocycles. The van der Waals surface area contributed by atoms with Gasteiger partial charge in [-0.15, -0.1) is 0 Å². The van der Waals surface area contributed by atoms with Gasteiger partial charge in [0.1, 0.15) is 11.3 Å². The molecule has 5 nitrogen and oxygen atoms in total. The number of rotatable bonds is 8. The van der Waals surface area contributed by atoms with E-state index in [1.165, 1.54) is 6.08 Å². The molecule has 1 aliphatic rings. The zero-order valence-electron chi connectivity index (χ0n) is 16.5. The molecule has 26 heavy (non-hydrogen) atoms. The highest BCUT2D eigenvalue weighted by Gasteiger charge is 2.58. The van der Waals surface area contributed by atoms with Crippen LogP contribution < -0.4 is 0 Å². The monoisotopic (exact) mass is 362 g/mol. The third kappa shape index (κ3) is 4.58. The van der Waals surface area contributed by atoms with Crippen molar-refractivity contribution in [3.63, 3.8) is 0 Å². The second-order valence-corrected chi connectivity index (χ2v) is 7.91. The van der Waals surface area contributed by atoms with Gasteiger partial charge in [0.2, 0.25) is 0 Å². The maximum Gasteiger partial charge on any atom is 0.195 e. The molecular weight excluding hydrogens is 332 g/mol. The molecular formula is C21H30O5. The van der Waals surface area contributed by atoms with Gasteiger partial charge in [0.05, 0.1) is 5.92 Å². The van der Waals surface area contributed by atoms with E-state index in [2.05, 4.69) is 0 Å². The van der Waals surface area contributed by atoms with E-state index in [9.17, 15) is 24.6 Å². The number of ketones is 3. The molecule has 0 spiro atoms. The summed E-state index contributed by atoms with van der Waals surface area (Å²) in [6.07, 6.45) is 4.62. The molecule has 0 aromatic carbocycles. The van der Waals surface area contributed by atoms with E-state index in [-0.39, 0.29) is 24.7 Å². The van der Waals surface area contributed by atoms with Gasteiger partial charge >= 0.3 is 0 Å². The standard InChI is InChI=1S/C21H30O5/c1-12(2)7-9-15-19(24)18(16(22)11-14(5)6)20(25)21(15,26)17(23)10-8-13(3)4/h7-8,10,13-15,25-26H,9,11H2,1-6H3/b10-8+/t15-,21-/m1/s1. The van der Waals surface area contributed by atoms with Crippen LogP contribution in [0.2, 0.25) is 0 Å². The molecule has 0 aromatic rings. The van der Waals surface area contributed by atoms with Crippen LogP contribution in [0.15, 0.2) is 35.1 Å². The van der Waals surface area contributed by atoms with Crippen LogP contribution in [-0.4, -0.2) is 33.2 Å². The number of carbonyl (C=O) groups is 3. The first-order chi connectivity index (χ1) is 11.9. The van der Waals surface area contributed by atoms with Crippen molar-refractivity contribution in [2.24, 2.45) is 17.8 Å². The summed E-state index contributed by atoms with van der Waals surface area (Å²) in [6.45, 7) is 11.0. The number of hydrogen-bond acceptors (Lipinski definition) is 5. The molecule has 0 unspecified atom stereocenters. The van der Waals surface area contributed by atoms with Crippen LogP contribution in [0.3, 0.4) is 0 Å². The maximum atomic E-state index is 12.8. The van der Waals surface area contributed by atoms with Crippen LogP contribution in [0.5, 0.6) is 0 Å². The van der Waals surface area contributed by atoms with Crippen molar-refractivity contribution < 1.29 is 24.6 Å². The van der Waals surface area contributed by atoms with Crippen molar-refractivity contribution in [2.75, 3.05) is 0 Å². The lowest BCUT2D eigenvalue weighted by Crippen LogP contribution is -2.45. The van der Waals surface area contributed by atoms with E-state index in [0.717, 1.165) is 5.57 Å². The summed E-state index contributed by atoms with van der Waals surface area (Å²) < 4.78 is 0. The highest BCUT2D eigenvalue weighted by Crippen LogP contribution is 2.41. The number of aliphatic hydroxyl groups is 2. The Morgan fingerprint density at radius 2 is 1.77 bits per heavy atom. The lowest BCUT2D eigenvalue weighted by molar-refractivity contribution is -0.140. The van der Waals surface area contributed by atoms with Gasteiger partial charge in [-0.25, -0.2) is 0 Å². The normalized spacial score (nSPS) is 23.4. The Hall–Kier alpha value is -2.01. The van der Waals surface area contributed by atoms with E-state index >= 15 is 0 Å². The van der Waals surface area contributed by atoms with Gasteiger partial charge in [0.25, 0.3) is 0 Å². The minimum Gasteiger partial charge on any atom is -0.508 e. The number of allylic oxidation sites excluding steroid dienone is 4. The third-order valence-electron chi connectivity index (χ3n) is 4.31. The SMILES string of the molecule is CC(C)=CC[C@@H]1C(=O)C(C(=O)CC(C)C)=C(O)[C@]1(O)C(=O)/C=C/C(C)C. The Morgan fingerprint density at radius 1 is 1.19 bits per heavy atom. The van der Waals surface area contributed by atoms with Crippen molar-refractivity contribution in [1.29, 1.82) is 0 Å². The predicted octanol–water partition coefficient (Wildman–Crippen LogP) is 3.48. The smallest absolute Gasteiger partial charge is 0.195 e. The van der Waals surface area contributed by atoms with E-state index < -0.39 is 40.2 Å². The van der Waals surface area contributed by atoms with Crippen molar-refractivity contribution in [2.45, 2.75) is 60.0 Å². The van der Waals surface area contributed by atoms with E-state index in [0.29, 0.717) is 0 Å². The fraction of sp³-hybridized carbons (Fsp3) is 0.571. The third-order valence-corrected chi connectivity index (χ3v) is 4.31. The Labute approximate surface area is 155 Å². The first-order valence-corrected chi connectivity index (χ1v) is 9.02. The largest absolute Gasteiger partial charge is 0.508 e. The second-order valence-electron chi connectivity index (χ2n) is 7.91. The number of Topliss-reactive ketones (excluding diaryl/α,β-unsaturated/α-hetero) is 2. The fourth-order valence-electron chi connectivity index (χ4n) is 2.91. The van der Waals surface area contributed by atoms with Gasteiger partial charge in [-0.2, -0.15) is 0 Å². The Morgan fingerprint density at radius 3 is 2.23 bits per heavy atom. The second kappa shape index (κ2) is 8.58. The van der Waals surface area contributed by atoms with Gasteiger partial charge in [-0.3, -0.25) is 14.4 Å². The highest BCUT2D eigenvalue weighted by atomic mass is 16.3. The van der Waals surface area contributed by atoms with Gasteiger partial charge in [-0.1, -0.05) is 45.4 Å². The molecule has 0 bridgehead atoms. The summed E-state index contributed by atoms with van der Waals surface area (Å²) in [6, 6.07) is 0. The fourth-order valence-corrected chi connectivity index (χ4v) is 2.91. The zero-order chi connectivity index (χ0) is 20.2. The van der Waals surface area contributed by atoms with Gasteiger partial charge in [0.15, 0.2) is 23.0 Å². The van der Waals surface area contributed by atoms with Crippen LogP contribution in [0.4, 0.5) is 0 Å². The number of hydrogen-bond donors (Lipinski definition) is 2. The molecule has 0 fully saturated rings. The summed E-state index contributed by atoms with van der Waals surface area (Å²) in [7, 11) is 0. The van der Waals surface area contributed by atoms with Crippen LogP contribution in [0, 0.1) is 17.8 Å². The lowest BCUT2D eigenvalue weighted by Gasteiger charge is -2.26. The van der Waals surface area contributed by atoms with Gasteiger partial charge in [-0.05, 0) is 38.2 Å². The minimum absolute atomic E-state index is 0.0166. The molecule has 0 aromatic heterocycles. The van der Waals surface area contributed by atoms with Crippen molar-refractivity contribution in [1.82, 2.24) is 0 Å². The van der Waals surface area contributed by atoms with Crippen LogP contribution in [-0.2, 0) is 14.4 Å². The maximum absolute atomic E-state index is 12.8. The van der Waals surface area contributed by atoms with E-state index in [4.69, 9.17) is 0 Å². The van der Waals surface area contributed by atoms with Crippen molar-refractivity contribution >= 4 is 17.3 Å². The molecule has 0 saturated carbocycles. The average molecular weight is 362 g/mol. The zero-order valence-corrected chi connectivity index (χ0v) is 16.5. The topological polar surface area (TPSA) is 91.7 Å². The lowest BCUT2D eigenvalue weighted by atomic mass is 9.82. The molecule has 0 aliphatic heterocycles. The molecule has 0 radical (unpaired) electrons. The Balaban J connectivity index is 3.43. The number of carbonyl (C=O) groups excluding carboxylic acids is 3. The predicted molar refractivity (Wildman–Crippen MR) is 101 cm³/mol. The molecule has 2 atom stereocenters. The molecule has 1 rings (SSSR count). The molecule has 0 amide bonds. The summed E-state index contributed by atoms with van der Waals surface area (Å²) in [5.74, 6) is -3.95. The highest BCUT2D eigenvalue weighted by molar-refractivity contribution is 6.26. The van der Waals surface area contributed by atoms with E-state index in [1.54, 1.807) is 12.2 Å². The summed E-state index contributed by atoms with van der Waals surface area (Å²) in [5, 5.41) is 21.6. The van der Waals surface area contributed by atoms with Gasteiger partial charge < -0.3 is 10.2 Å². The average Bonchev–Trinajstić information content (AvgIpc) is 2.69. The molecule has 0 heterocycles. The first-order valence-electron chi connectivity index (χ1n) is 9.02. The van der Waals surface area contributed by atoms with Crippen LogP contribution in [0.25, 0.3) is 0 Å². The van der Waals surface area contributed by atoms with Crippen LogP contribution >= 0.6 is 0 Å². The summed E-state index contributed by atoms with van der Waals surface area (Å²) in [5.41, 5.74) is -1.91. The van der Waals surface area contributed by atoms with Crippen molar-refractivity contribution in [3.05, 3.63) is 35.1 Å². The summed E-state index contributed by atoms with van der Waals surface area (Å²) in [4.78, 5) is 37.9. The first kappa shape index (κ1) is 22.0. The molecule has 1 aliphatic carbocycles. The summed E-state index contributed by atoms with van der Waals surface area (Å²) >= 11 is 0. The van der Waals surface area contributed by atoms with Crippen LogP contribution in [0.1, 0.15) is 54.4 Å². The minimum atomic E-state index is -2.39. The Bertz CT molecular complexity index is 675. The van der Waals surface area contributed by atoms with Gasteiger partial charge in [0, 0.05) is 6.42 Å². The quantitative estimate of drug-likeness (QED) is 0.392. The van der Waals surface area contributed by atoms with E-state index in [1.807, 2.05) is 41.5 Å². The number of aliphatic hydroxyl groups excluding tert-OH is 1.